The Hall–Kier alpha value is -2.07. The summed E-state index contributed by atoms with van der Waals surface area (Å²) in [5.74, 6) is 0.693. The second kappa shape index (κ2) is 6.52. The average Bonchev–Trinajstić information content (AvgIpc) is 2.85. The van der Waals surface area contributed by atoms with Crippen molar-refractivity contribution in [2.45, 2.75) is 51.5 Å². The van der Waals surface area contributed by atoms with E-state index >= 15 is 0 Å². The number of amides is 1. The lowest BCUT2D eigenvalue weighted by molar-refractivity contribution is -0.129. The van der Waals surface area contributed by atoms with E-state index in [1.807, 2.05) is 19.2 Å². The number of rotatable bonds is 2. The lowest BCUT2D eigenvalue weighted by Gasteiger charge is -2.45. The Bertz CT molecular complexity index is 882. The van der Waals surface area contributed by atoms with Crippen LogP contribution in [0.25, 0.3) is 0 Å². The summed E-state index contributed by atoms with van der Waals surface area (Å²) in [6, 6.07) is 9.46. The number of nitrogens with zero attached hydrogens (tertiary/aromatic N) is 1. The van der Waals surface area contributed by atoms with E-state index in [1.165, 1.54) is 0 Å². The van der Waals surface area contributed by atoms with E-state index < -0.39 is 5.41 Å². The number of aromatic hydroxyl groups is 1. The highest BCUT2D eigenvalue weighted by atomic mass is 35.5. The number of phenols is 1. The standard InChI is InChI=1S/C22H25ClN2O2/c1-12-4-7-18(24-11-12)19-16(15-6-5-14(26)10-17(15)23)8-9-22(3)20(19)13(2)25-21(22)27/h4-7,10-11,13,16,19-20,26H,8-9H2,1-3H3,(H,25,27)/t13-,16+,19-,20+,22-/m1/s1. The van der Waals surface area contributed by atoms with Crippen molar-refractivity contribution in [1.82, 2.24) is 10.3 Å². The van der Waals surface area contributed by atoms with Crippen LogP contribution in [0.4, 0.5) is 0 Å². The average molecular weight is 385 g/mol. The number of aryl methyl sites for hydroxylation is 1. The maximum Gasteiger partial charge on any atom is 0.226 e. The molecule has 0 radical (unpaired) electrons. The maximum absolute atomic E-state index is 12.7. The van der Waals surface area contributed by atoms with Crippen LogP contribution in [0.1, 0.15) is 55.3 Å². The number of carbonyl (C=O) groups excluding carboxylic acids is 1. The third kappa shape index (κ3) is 2.91. The van der Waals surface area contributed by atoms with Crippen molar-refractivity contribution in [1.29, 1.82) is 0 Å². The predicted octanol–water partition coefficient (Wildman–Crippen LogP) is 4.55. The highest BCUT2D eigenvalue weighted by Crippen LogP contribution is 2.58. The number of hydrogen-bond acceptors (Lipinski definition) is 3. The minimum Gasteiger partial charge on any atom is -0.508 e. The number of hydrogen-bond donors (Lipinski definition) is 2. The molecule has 1 aromatic heterocycles. The molecule has 4 rings (SSSR count). The summed E-state index contributed by atoms with van der Waals surface area (Å²) in [5.41, 5.74) is 2.76. The summed E-state index contributed by atoms with van der Waals surface area (Å²) in [5, 5.41) is 13.5. The normalized spacial score (nSPS) is 32.8. The van der Waals surface area contributed by atoms with Gasteiger partial charge in [0.1, 0.15) is 5.75 Å². The van der Waals surface area contributed by atoms with Gasteiger partial charge in [-0.15, -0.1) is 0 Å². The van der Waals surface area contributed by atoms with Crippen molar-refractivity contribution in [3.8, 4) is 5.75 Å². The van der Waals surface area contributed by atoms with E-state index in [1.54, 1.807) is 12.1 Å². The van der Waals surface area contributed by atoms with Crippen molar-refractivity contribution in [2.75, 3.05) is 0 Å². The number of pyridine rings is 1. The summed E-state index contributed by atoms with van der Waals surface area (Å²) < 4.78 is 0. The Morgan fingerprint density at radius 2 is 2.07 bits per heavy atom. The molecule has 2 aliphatic rings. The van der Waals surface area contributed by atoms with Gasteiger partial charge in [-0.1, -0.05) is 30.7 Å². The number of fused-ring (bicyclic) bond motifs is 1. The van der Waals surface area contributed by atoms with Crippen molar-refractivity contribution in [3.05, 3.63) is 58.4 Å². The zero-order valence-electron chi connectivity index (χ0n) is 15.9. The molecule has 2 aromatic rings. The van der Waals surface area contributed by atoms with E-state index in [-0.39, 0.29) is 35.5 Å². The molecule has 5 atom stereocenters. The van der Waals surface area contributed by atoms with Crippen LogP contribution in [-0.4, -0.2) is 22.0 Å². The van der Waals surface area contributed by atoms with Crippen molar-refractivity contribution in [2.24, 2.45) is 11.3 Å². The quantitative estimate of drug-likeness (QED) is 0.798. The fraction of sp³-hybridized carbons (Fsp3) is 0.455. The van der Waals surface area contributed by atoms with Gasteiger partial charge in [0.25, 0.3) is 0 Å². The Morgan fingerprint density at radius 3 is 2.74 bits per heavy atom. The second-order valence-corrected chi connectivity index (χ2v) is 8.75. The lowest BCUT2D eigenvalue weighted by atomic mass is 9.56. The van der Waals surface area contributed by atoms with Gasteiger partial charge in [0.05, 0.1) is 5.41 Å². The van der Waals surface area contributed by atoms with Crippen molar-refractivity contribution >= 4 is 17.5 Å². The fourth-order valence-corrected chi connectivity index (χ4v) is 5.58. The van der Waals surface area contributed by atoms with Crippen LogP contribution < -0.4 is 5.32 Å². The summed E-state index contributed by atoms with van der Waals surface area (Å²) in [7, 11) is 0. The molecule has 2 heterocycles. The van der Waals surface area contributed by atoms with E-state index in [9.17, 15) is 9.90 Å². The first kappa shape index (κ1) is 18.3. The van der Waals surface area contributed by atoms with E-state index in [2.05, 4.69) is 31.3 Å². The van der Waals surface area contributed by atoms with Gasteiger partial charge in [-0.3, -0.25) is 9.78 Å². The number of aromatic nitrogens is 1. The van der Waals surface area contributed by atoms with Gasteiger partial charge < -0.3 is 10.4 Å². The van der Waals surface area contributed by atoms with E-state index in [0.717, 1.165) is 29.7 Å². The largest absolute Gasteiger partial charge is 0.508 e. The first-order valence-electron chi connectivity index (χ1n) is 9.53. The fourth-order valence-electron chi connectivity index (χ4n) is 5.27. The Kier molecular flexibility index (Phi) is 4.42. The Labute approximate surface area is 165 Å². The van der Waals surface area contributed by atoms with Gasteiger partial charge in [0.15, 0.2) is 0 Å². The van der Waals surface area contributed by atoms with Crippen molar-refractivity contribution < 1.29 is 9.90 Å². The molecule has 1 aliphatic heterocycles. The number of nitrogens with one attached hydrogen (secondary N) is 1. The minimum atomic E-state index is -0.392. The molecular weight excluding hydrogens is 360 g/mol. The zero-order chi connectivity index (χ0) is 19.3. The van der Waals surface area contributed by atoms with Crippen molar-refractivity contribution in [3.63, 3.8) is 0 Å². The van der Waals surface area contributed by atoms with Gasteiger partial charge in [0, 0.05) is 34.8 Å². The highest BCUT2D eigenvalue weighted by Gasteiger charge is 2.58. The highest BCUT2D eigenvalue weighted by molar-refractivity contribution is 6.31. The molecule has 1 aliphatic carbocycles. The zero-order valence-corrected chi connectivity index (χ0v) is 16.6. The number of halogens is 1. The van der Waals surface area contributed by atoms with Crippen LogP contribution in [0, 0.1) is 18.3 Å². The summed E-state index contributed by atoms with van der Waals surface area (Å²) in [4.78, 5) is 17.5. The monoisotopic (exact) mass is 384 g/mol. The molecule has 1 amide bonds. The van der Waals surface area contributed by atoms with Crippen LogP contribution in [0.5, 0.6) is 5.75 Å². The van der Waals surface area contributed by atoms with Gasteiger partial charge in [-0.05, 0) is 61.9 Å². The van der Waals surface area contributed by atoms with Crippen LogP contribution in [0.3, 0.4) is 0 Å². The van der Waals surface area contributed by atoms with Gasteiger partial charge in [0.2, 0.25) is 5.91 Å². The van der Waals surface area contributed by atoms with Crippen LogP contribution in [0.15, 0.2) is 36.5 Å². The maximum atomic E-state index is 12.7. The molecule has 5 heteroatoms. The molecule has 2 N–H and O–H groups in total. The van der Waals surface area contributed by atoms with Crippen LogP contribution >= 0.6 is 11.6 Å². The third-order valence-corrected chi connectivity index (χ3v) is 6.93. The lowest BCUT2D eigenvalue weighted by Crippen LogP contribution is -2.42. The minimum absolute atomic E-state index is 0.0780. The van der Waals surface area contributed by atoms with Gasteiger partial charge in [-0.25, -0.2) is 0 Å². The molecule has 4 nitrogen and oxygen atoms in total. The summed E-state index contributed by atoms with van der Waals surface area (Å²) >= 11 is 6.52. The van der Waals surface area contributed by atoms with Gasteiger partial charge in [-0.2, -0.15) is 0 Å². The Morgan fingerprint density at radius 1 is 1.30 bits per heavy atom. The molecule has 2 fully saturated rings. The number of benzene rings is 1. The van der Waals surface area contributed by atoms with E-state index in [0.29, 0.717) is 5.02 Å². The molecule has 0 spiro atoms. The van der Waals surface area contributed by atoms with Crippen LogP contribution in [-0.2, 0) is 4.79 Å². The topological polar surface area (TPSA) is 62.2 Å². The molecule has 1 saturated carbocycles. The molecule has 0 unspecified atom stereocenters. The number of phenolic OH excluding ortho intramolecular Hbond substituents is 1. The van der Waals surface area contributed by atoms with Crippen LogP contribution in [0.2, 0.25) is 5.02 Å². The first-order chi connectivity index (χ1) is 12.8. The molecular formula is C22H25ClN2O2. The smallest absolute Gasteiger partial charge is 0.226 e. The third-order valence-electron chi connectivity index (χ3n) is 6.61. The first-order valence-corrected chi connectivity index (χ1v) is 9.91. The molecule has 0 bridgehead atoms. The Balaban J connectivity index is 1.85. The second-order valence-electron chi connectivity index (χ2n) is 8.34. The van der Waals surface area contributed by atoms with E-state index in [4.69, 9.17) is 16.6 Å². The SMILES string of the molecule is Cc1ccc([C@@H]2[C@@H]3[C@@H](C)NC(=O)[C@]3(C)CC[C@H]2c2ccc(O)cc2Cl)nc1. The molecule has 27 heavy (non-hydrogen) atoms. The summed E-state index contributed by atoms with van der Waals surface area (Å²) in [6.45, 7) is 6.21. The molecule has 1 saturated heterocycles. The molecule has 1 aromatic carbocycles. The predicted molar refractivity (Wildman–Crippen MR) is 106 cm³/mol. The molecule has 142 valence electrons. The number of carbonyl (C=O) groups is 1. The summed E-state index contributed by atoms with van der Waals surface area (Å²) in [6.07, 6.45) is 3.57. The van der Waals surface area contributed by atoms with Gasteiger partial charge >= 0.3 is 0 Å².